The second kappa shape index (κ2) is 10.2. The van der Waals surface area contributed by atoms with Gasteiger partial charge >= 0.3 is 0 Å². The van der Waals surface area contributed by atoms with Gasteiger partial charge in [-0.15, -0.1) is 6.42 Å². The van der Waals surface area contributed by atoms with Crippen LogP contribution in [0.15, 0.2) is 30.3 Å². The number of likely N-dealkylation sites (N-methyl/N-ethyl adjacent to an activating group) is 1. The van der Waals surface area contributed by atoms with Gasteiger partial charge in [0.05, 0.1) is 18.8 Å². The van der Waals surface area contributed by atoms with E-state index in [2.05, 4.69) is 47.5 Å². The van der Waals surface area contributed by atoms with Crippen LogP contribution in [0.4, 0.5) is 0 Å². The minimum absolute atomic E-state index is 0.0100. The summed E-state index contributed by atoms with van der Waals surface area (Å²) in [4.78, 5) is 14.3. The van der Waals surface area contributed by atoms with Crippen molar-refractivity contribution in [2.24, 2.45) is 0 Å². The smallest absolute Gasteiger partial charge is 0.252 e. The van der Waals surface area contributed by atoms with Crippen LogP contribution in [0.25, 0.3) is 0 Å². The molecule has 5 heteroatoms. The SMILES string of the molecule is C#CCNC(=O)[C@H]1O[C@@H](CCN(C)CCc2ccccc2)CC[C@@H]1O. The highest BCUT2D eigenvalue weighted by Gasteiger charge is 2.34. The van der Waals surface area contributed by atoms with Gasteiger partial charge in [-0.2, -0.15) is 0 Å². The standard InChI is InChI=1S/C20H28N2O3/c1-3-13-21-20(24)19-18(23)10-9-17(25-19)12-15-22(2)14-11-16-7-5-4-6-8-16/h1,4-8,17-19,23H,9-15H2,2H3,(H,21,24)/t17-,18+,19+/m1/s1. The van der Waals surface area contributed by atoms with Crippen LogP contribution in [0.5, 0.6) is 0 Å². The van der Waals surface area contributed by atoms with Crippen molar-refractivity contribution in [2.45, 2.75) is 44.0 Å². The Morgan fingerprint density at radius 1 is 1.36 bits per heavy atom. The summed E-state index contributed by atoms with van der Waals surface area (Å²) in [5.74, 6) is 2.03. The van der Waals surface area contributed by atoms with Crippen molar-refractivity contribution in [3.05, 3.63) is 35.9 Å². The number of hydrogen-bond acceptors (Lipinski definition) is 4. The maximum absolute atomic E-state index is 12.0. The molecule has 1 saturated heterocycles. The van der Waals surface area contributed by atoms with Crippen molar-refractivity contribution >= 4 is 5.91 Å². The van der Waals surface area contributed by atoms with Crippen molar-refractivity contribution in [3.63, 3.8) is 0 Å². The van der Waals surface area contributed by atoms with E-state index < -0.39 is 12.2 Å². The van der Waals surface area contributed by atoms with Gasteiger partial charge in [0.15, 0.2) is 6.10 Å². The summed E-state index contributed by atoms with van der Waals surface area (Å²) >= 11 is 0. The Bertz CT molecular complexity index is 570. The zero-order valence-corrected chi connectivity index (χ0v) is 14.9. The number of aliphatic hydroxyl groups is 1. The molecule has 1 aliphatic heterocycles. The third-order valence-electron chi connectivity index (χ3n) is 4.55. The highest BCUT2D eigenvalue weighted by Crippen LogP contribution is 2.22. The molecule has 1 amide bonds. The van der Waals surface area contributed by atoms with Gasteiger partial charge in [-0.05, 0) is 38.3 Å². The average molecular weight is 344 g/mol. The first-order valence-electron chi connectivity index (χ1n) is 8.87. The molecule has 0 saturated carbocycles. The molecule has 1 aliphatic rings. The largest absolute Gasteiger partial charge is 0.390 e. The van der Waals surface area contributed by atoms with Crippen LogP contribution in [0.3, 0.4) is 0 Å². The van der Waals surface area contributed by atoms with Crippen molar-refractivity contribution in [2.75, 3.05) is 26.7 Å². The molecular weight excluding hydrogens is 316 g/mol. The molecule has 0 unspecified atom stereocenters. The molecule has 2 N–H and O–H groups in total. The lowest BCUT2D eigenvalue weighted by Crippen LogP contribution is -2.49. The molecule has 0 radical (unpaired) electrons. The molecule has 1 heterocycles. The Morgan fingerprint density at radius 2 is 2.12 bits per heavy atom. The monoisotopic (exact) mass is 344 g/mol. The third-order valence-corrected chi connectivity index (χ3v) is 4.55. The number of rotatable bonds is 8. The highest BCUT2D eigenvalue weighted by atomic mass is 16.5. The number of terminal acetylenes is 1. The number of nitrogens with one attached hydrogen (secondary N) is 1. The Kier molecular flexibility index (Phi) is 7.93. The number of ether oxygens (including phenoxy) is 1. The second-order valence-electron chi connectivity index (χ2n) is 6.57. The Balaban J connectivity index is 1.72. The average Bonchev–Trinajstić information content (AvgIpc) is 2.64. The molecule has 0 bridgehead atoms. The molecule has 136 valence electrons. The number of benzene rings is 1. The topological polar surface area (TPSA) is 61.8 Å². The minimum Gasteiger partial charge on any atom is -0.390 e. The lowest BCUT2D eigenvalue weighted by molar-refractivity contribution is -0.158. The Hall–Kier alpha value is -1.87. The summed E-state index contributed by atoms with van der Waals surface area (Å²) in [5.41, 5.74) is 1.33. The van der Waals surface area contributed by atoms with Crippen LogP contribution < -0.4 is 5.32 Å². The molecule has 0 aromatic heterocycles. The summed E-state index contributed by atoms with van der Waals surface area (Å²) in [6.07, 6.45) is 6.76. The maximum Gasteiger partial charge on any atom is 0.252 e. The fourth-order valence-electron chi connectivity index (χ4n) is 3.00. The molecule has 1 aromatic rings. The first-order chi connectivity index (χ1) is 12.1. The van der Waals surface area contributed by atoms with Crippen LogP contribution >= 0.6 is 0 Å². The summed E-state index contributed by atoms with van der Waals surface area (Å²) in [7, 11) is 2.09. The molecule has 5 nitrogen and oxygen atoms in total. The van der Waals surface area contributed by atoms with E-state index in [0.29, 0.717) is 6.42 Å². The molecule has 1 aromatic carbocycles. The van der Waals surface area contributed by atoms with Gasteiger partial charge in [0.1, 0.15) is 0 Å². The number of carbonyl (C=O) groups excluding carboxylic acids is 1. The third kappa shape index (κ3) is 6.50. The quantitative estimate of drug-likeness (QED) is 0.696. The van der Waals surface area contributed by atoms with Crippen LogP contribution in [0.1, 0.15) is 24.8 Å². The van der Waals surface area contributed by atoms with Crippen LogP contribution in [0.2, 0.25) is 0 Å². The van der Waals surface area contributed by atoms with Crippen molar-refractivity contribution in [3.8, 4) is 12.3 Å². The number of amides is 1. The van der Waals surface area contributed by atoms with E-state index in [1.807, 2.05) is 6.07 Å². The molecule has 2 rings (SSSR count). The summed E-state index contributed by atoms with van der Waals surface area (Å²) in [6, 6.07) is 10.4. The number of hydrogen-bond donors (Lipinski definition) is 2. The van der Waals surface area contributed by atoms with E-state index in [1.165, 1.54) is 5.56 Å². The van der Waals surface area contributed by atoms with E-state index in [-0.39, 0.29) is 18.6 Å². The molecule has 0 aliphatic carbocycles. The van der Waals surface area contributed by atoms with Gasteiger partial charge in [0, 0.05) is 13.1 Å². The molecule has 0 spiro atoms. The van der Waals surface area contributed by atoms with Crippen molar-refractivity contribution in [1.29, 1.82) is 0 Å². The highest BCUT2D eigenvalue weighted by molar-refractivity contribution is 5.81. The summed E-state index contributed by atoms with van der Waals surface area (Å²) in [6.45, 7) is 2.02. The van der Waals surface area contributed by atoms with Gasteiger partial charge < -0.3 is 20.1 Å². The predicted octanol–water partition coefficient (Wildman–Crippen LogP) is 1.21. The van der Waals surface area contributed by atoms with Crippen molar-refractivity contribution in [1.82, 2.24) is 10.2 Å². The summed E-state index contributed by atoms with van der Waals surface area (Å²) in [5, 5.41) is 12.6. The number of carbonyl (C=O) groups is 1. The molecular formula is C20H28N2O3. The lowest BCUT2D eigenvalue weighted by Gasteiger charge is -2.33. The van der Waals surface area contributed by atoms with Gasteiger partial charge in [-0.25, -0.2) is 0 Å². The first-order valence-corrected chi connectivity index (χ1v) is 8.87. The normalized spacial score (nSPS) is 23.2. The van der Waals surface area contributed by atoms with Crippen LogP contribution in [-0.4, -0.2) is 60.9 Å². The fourth-order valence-corrected chi connectivity index (χ4v) is 3.00. The number of nitrogens with zero attached hydrogens (tertiary/aromatic N) is 1. The maximum atomic E-state index is 12.0. The van der Waals surface area contributed by atoms with Gasteiger partial charge in [0.25, 0.3) is 5.91 Å². The molecule has 1 fully saturated rings. The molecule has 25 heavy (non-hydrogen) atoms. The minimum atomic E-state index is -0.818. The first kappa shape index (κ1) is 19.5. The predicted molar refractivity (Wildman–Crippen MR) is 98.0 cm³/mol. The van der Waals surface area contributed by atoms with Gasteiger partial charge in [-0.1, -0.05) is 36.3 Å². The van der Waals surface area contributed by atoms with Crippen molar-refractivity contribution < 1.29 is 14.6 Å². The van der Waals surface area contributed by atoms with E-state index in [4.69, 9.17) is 11.2 Å². The molecule has 3 atom stereocenters. The van der Waals surface area contributed by atoms with E-state index in [1.54, 1.807) is 0 Å². The van der Waals surface area contributed by atoms with Gasteiger partial charge in [-0.3, -0.25) is 4.79 Å². The van der Waals surface area contributed by atoms with E-state index in [0.717, 1.165) is 32.4 Å². The fraction of sp³-hybridized carbons (Fsp3) is 0.550. The van der Waals surface area contributed by atoms with E-state index in [9.17, 15) is 9.90 Å². The Labute approximate surface area is 150 Å². The summed E-state index contributed by atoms with van der Waals surface area (Å²) < 4.78 is 5.81. The van der Waals surface area contributed by atoms with Crippen LogP contribution in [-0.2, 0) is 16.0 Å². The van der Waals surface area contributed by atoms with E-state index >= 15 is 0 Å². The number of aliphatic hydroxyl groups excluding tert-OH is 1. The second-order valence-corrected chi connectivity index (χ2v) is 6.57. The van der Waals surface area contributed by atoms with Crippen LogP contribution in [0, 0.1) is 12.3 Å². The zero-order chi connectivity index (χ0) is 18.1. The van der Waals surface area contributed by atoms with Gasteiger partial charge in [0.2, 0.25) is 0 Å². The lowest BCUT2D eigenvalue weighted by atomic mass is 9.98. The Morgan fingerprint density at radius 3 is 2.84 bits per heavy atom. The zero-order valence-electron chi connectivity index (χ0n) is 14.9.